The number of hydrogen-bond donors (Lipinski definition) is 0. The lowest BCUT2D eigenvalue weighted by Gasteiger charge is -2.31. The number of aryl methyl sites for hydroxylation is 3. The standard InChI is InChI=1S/C19H23N7OS/c1-12-18(16-4-7-20-11-21-16)28-19(22-12)15-5-8-25(9-6-15)17(27)10-26-14(3)23-13(2)24-26/h4,7,11,15H,5-6,8-10H2,1-3H3. The summed E-state index contributed by atoms with van der Waals surface area (Å²) in [4.78, 5) is 33.0. The number of likely N-dealkylation sites (tertiary alicyclic amines) is 1. The molecule has 0 saturated carbocycles. The van der Waals surface area contributed by atoms with Gasteiger partial charge in [0.1, 0.15) is 24.5 Å². The van der Waals surface area contributed by atoms with Gasteiger partial charge in [-0.3, -0.25) is 4.79 Å². The van der Waals surface area contributed by atoms with Crippen LogP contribution < -0.4 is 0 Å². The Morgan fingerprint density at radius 2 is 2.00 bits per heavy atom. The summed E-state index contributed by atoms with van der Waals surface area (Å²) < 4.78 is 1.68. The van der Waals surface area contributed by atoms with Crippen molar-refractivity contribution in [2.45, 2.75) is 46.1 Å². The summed E-state index contributed by atoms with van der Waals surface area (Å²) in [5, 5.41) is 5.43. The van der Waals surface area contributed by atoms with Crippen molar-refractivity contribution < 1.29 is 4.79 Å². The maximum atomic E-state index is 12.6. The molecule has 28 heavy (non-hydrogen) atoms. The molecule has 0 unspecified atom stereocenters. The lowest BCUT2D eigenvalue weighted by molar-refractivity contribution is -0.133. The van der Waals surface area contributed by atoms with Crippen LogP contribution in [0.15, 0.2) is 18.6 Å². The molecule has 0 atom stereocenters. The summed E-state index contributed by atoms with van der Waals surface area (Å²) in [6, 6.07) is 1.92. The second-order valence-electron chi connectivity index (χ2n) is 7.08. The van der Waals surface area contributed by atoms with Crippen molar-refractivity contribution in [3.05, 3.63) is 40.9 Å². The minimum Gasteiger partial charge on any atom is -0.341 e. The molecule has 3 aromatic rings. The topological polar surface area (TPSA) is 89.7 Å². The summed E-state index contributed by atoms with van der Waals surface area (Å²) in [5.41, 5.74) is 1.93. The third-order valence-corrected chi connectivity index (χ3v) is 6.41. The van der Waals surface area contributed by atoms with Gasteiger partial charge in [0, 0.05) is 25.2 Å². The number of thiazole rings is 1. The molecule has 0 spiro atoms. The fraction of sp³-hybridized carbons (Fsp3) is 0.474. The molecule has 0 aliphatic carbocycles. The number of piperidine rings is 1. The largest absolute Gasteiger partial charge is 0.341 e. The van der Waals surface area contributed by atoms with Gasteiger partial charge in [-0.1, -0.05) is 0 Å². The van der Waals surface area contributed by atoms with E-state index in [-0.39, 0.29) is 12.5 Å². The first-order valence-corrected chi connectivity index (χ1v) is 10.2. The van der Waals surface area contributed by atoms with Crippen LogP contribution in [0.25, 0.3) is 10.6 Å². The van der Waals surface area contributed by atoms with E-state index in [1.54, 1.807) is 28.5 Å². The summed E-state index contributed by atoms with van der Waals surface area (Å²) in [5.74, 6) is 1.96. The molecule has 4 heterocycles. The number of amides is 1. The Morgan fingerprint density at radius 3 is 2.64 bits per heavy atom. The first kappa shape index (κ1) is 18.7. The zero-order chi connectivity index (χ0) is 19.7. The minimum absolute atomic E-state index is 0.100. The minimum atomic E-state index is 0.100. The molecule has 8 nitrogen and oxygen atoms in total. The van der Waals surface area contributed by atoms with Crippen molar-refractivity contribution in [1.82, 2.24) is 34.6 Å². The Kier molecular flexibility index (Phi) is 5.17. The highest BCUT2D eigenvalue weighted by Gasteiger charge is 2.27. The molecule has 9 heteroatoms. The predicted molar refractivity (Wildman–Crippen MR) is 106 cm³/mol. The molecule has 0 radical (unpaired) electrons. The molecular formula is C19H23N7OS. The smallest absolute Gasteiger partial charge is 0.244 e. The summed E-state index contributed by atoms with van der Waals surface area (Å²) in [6.45, 7) is 7.49. The maximum Gasteiger partial charge on any atom is 0.244 e. The lowest BCUT2D eigenvalue weighted by Crippen LogP contribution is -2.40. The van der Waals surface area contributed by atoms with Gasteiger partial charge in [0.2, 0.25) is 5.91 Å². The Morgan fingerprint density at radius 1 is 1.21 bits per heavy atom. The molecule has 1 amide bonds. The van der Waals surface area contributed by atoms with Gasteiger partial charge >= 0.3 is 0 Å². The van der Waals surface area contributed by atoms with Crippen LogP contribution in [-0.2, 0) is 11.3 Å². The van der Waals surface area contributed by atoms with Crippen molar-refractivity contribution in [3.8, 4) is 10.6 Å². The SMILES string of the molecule is Cc1nc(C)n(CC(=O)N2CCC(c3nc(C)c(-c4ccncn4)s3)CC2)n1. The average molecular weight is 398 g/mol. The van der Waals surface area contributed by atoms with E-state index >= 15 is 0 Å². The van der Waals surface area contributed by atoms with Crippen molar-refractivity contribution in [3.63, 3.8) is 0 Å². The van der Waals surface area contributed by atoms with Gasteiger partial charge < -0.3 is 4.90 Å². The third-order valence-electron chi connectivity index (χ3n) is 5.07. The maximum absolute atomic E-state index is 12.6. The fourth-order valence-corrected chi connectivity index (χ4v) is 4.78. The van der Waals surface area contributed by atoms with Crippen LogP contribution in [0.4, 0.5) is 0 Å². The van der Waals surface area contributed by atoms with Gasteiger partial charge in [-0.05, 0) is 39.7 Å². The lowest BCUT2D eigenvalue weighted by atomic mass is 9.97. The molecule has 0 N–H and O–H groups in total. The molecule has 0 bridgehead atoms. The predicted octanol–water partition coefficient (Wildman–Crippen LogP) is 2.52. The summed E-state index contributed by atoms with van der Waals surface area (Å²) in [7, 11) is 0. The number of aromatic nitrogens is 6. The van der Waals surface area contributed by atoms with Gasteiger partial charge in [-0.25, -0.2) is 24.6 Å². The number of rotatable bonds is 4. The zero-order valence-corrected chi connectivity index (χ0v) is 17.1. The van der Waals surface area contributed by atoms with Crippen LogP contribution in [0.1, 0.15) is 41.1 Å². The van der Waals surface area contributed by atoms with E-state index in [4.69, 9.17) is 4.98 Å². The molecule has 1 aliphatic heterocycles. The monoisotopic (exact) mass is 397 g/mol. The molecule has 3 aromatic heterocycles. The van der Waals surface area contributed by atoms with Crippen molar-refractivity contribution >= 4 is 17.2 Å². The number of carbonyl (C=O) groups excluding carboxylic acids is 1. The highest BCUT2D eigenvalue weighted by molar-refractivity contribution is 7.15. The number of hydrogen-bond acceptors (Lipinski definition) is 7. The summed E-state index contributed by atoms with van der Waals surface area (Å²) in [6.07, 6.45) is 5.18. The number of carbonyl (C=O) groups is 1. The van der Waals surface area contributed by atoms with Crippen molar-refractivity contribution in [1.29, 1.82) is 0 Å². The molecule has 146 valence electrons. The Hall–Kier alpha value is -2.68. The Labute approximate surface area is 167 Å². The van der Waals surface area contributed by atoms with Crippen molar-refractivity contribution in [2.24, 2.45) is 0 Å². The fourth-order valence-electron chi connectivity index (χ4n) is 3.57. The first-order chi connectivity index (χ1) is 13.5. The first-order valence-electron chi connectivity index (χ1n) is 9.41. The van der Waals surface area contributed by atoms with Gasteiger partial charge in [0.15, 0.2) is 0 Å². The van der Waals surface area contributed by atoms with E-state index in [1.807, 2.05) is 31.7 Å². The van der Waals surface area contributed by atoms with Gasteiger partial charge in [0.05, 0.1) is 21.3 Å². The zero-order valence-electron chi connectivity index (χ0n) is 16.3. The molecular weight excluding hydrogens is 374 g/mol. The second-order valence-corrected chi connectivity index (χ2v) is 8.11. The number of nitrogens with zero attached hydrogens (tertiary/aromatic N) is 7. The van der Waals surface area contributed by atoms with Gasteiger partial charge in [-0.2, -0.15) is 5.10 Å². The molecule has 1 saturated heterocycles. The van der Waals surface area contributed by atoms with E-state index < -0.39 is 0 Å². The van der Waals surface area contributed by atoms with E-state index in [0.29, 0.717) is 11.7 Å². The normalized spacial score (nSPS) is 15.2. The van der Waals surface area contributed by atoms with Crippen molar-refractivity contribution in [2.75, 3.05) is 13.1 Å². The van der Waals surface area contributed by atoms with Crippen LogP contribution in [0.3, 0.4) is 0 Å². The molecule has 1 fully saturated rings. The van der Waals surface area contributed by atoms with Crippen LogP contribution in [-0.4, -0.2) is 53.6 Å². The van der Waals surface area contributed by atoms with Crippen LogP contribution in [0.5, 0.6) is 0 Å². The van der Waals surface area contributed by atoms with Gasteiger partial charge in [0.25, 0.3) is 0 Å². The Balaban J connectivity index is 1.39. The molecule has 0 aromatic carbocycles. The Bertz CT molecular complexity index is 974. The van der Waals surface area contributed by atoms with Crippen LogP contribution in [0, 0.1) is 20.8 Å². The van der Waals surface area contributed by atoms with Crippen LogP contribution in [0.2, 0.25) is 0 Å². The quantitative estimate of drug-likeness (QED) is 0.672. The van der Waals surface area contributed by atoms with Crippen LogP contribution >= 0.6 is 11.3 Å². The van der Waals surface area contributed by atoms with E-state index in [2.05, 4.69) is 20.1 Å². The van der Waals surface area contributed by atoms with Gasteiger partial charge in [-0.15, -0.1) is 11.3 Å². The summed E-state index contributed by atoms with van der Waals surface area (Å²) >= 11 is 1.71. The van der Waals surface area contributed by atoms with E-state index in [9.17, 15) is 4.79 Å². The molecule has 1 aliphatic rings. The van der Waals surface area contributed by atoms with E-state index in [0.717, 1.165) is 53.0 Å². The van der Waals surface area contributed by atoms with E-state index in [1.165, 1.54) is 0 Å². The molecule has 4 rings (SSSR count). The third kappa shape index (κ3) is 3.80. The second kappa shape index (κ2) is 7.75. The average Bonchev–Trinajstić information content (AvgIpc) is 3.24. The highest BCUT2D eigenvalue weighted by atomic mass is 32.1. The highest BCUT2D eigenvalue weighted by Crippen LogP contribution is 2.36.